The summed E-state index contributed by atoms with van der Waals surface area (Å²) < 4.78 is 5.57. The lowest BCUT2D eigenvalue weighted by atomic mass is 9.84. The number of ether oxygens (including phenoxy) is 1. The summed E-state index contributed by atoms with van der Waals surface area (Å²) in [5.41, 5.74) is 0.0412. The SMILES string of the molecule is CN=C(NCC1CCN(Cc2cccs2)CC1)NCC1(CCO)CCOC1.I. The standard InChI is InChI=1S/C20H34N4O2S.HI/c1-21-19(23-15-20(6-10-25)7-11-26-16-20)22-13-17-4-8-24(9-5-17)14-18-3-2-12-27-18;/h2-3,12,17,25H,4-11,13-16H2,1H3,(H2,21,22,23);1H. The first-order valence-electron chi connectivity index (χ1n) is 10.1. The number of hydrogen-bond donors (Lipinski definition) is 3. The monoisotopic (exact) mass is 522 g/mol. The second-order valence-electron chi connectivity index (χ2n) is 7.88. The number of halogens is 1. The zero-order valence-corrected chi connectivity index (χ0v) is 20.0. The number of guanidine groups is 1. The Labute approximate surface area is 190 Å². The number of thiophene rings is 1. The summed E-state index contributed by atoms with van der Waals surface area (Å²) in [5.74, 6) is 1.56. The van der Waals surface area contributed by atoms with E-state index in [0.717, 1.165) is 51.6 Å². The molecule has 160 valence electrons. The topological polar surface area (TPSA) is 69.1 Å². The van der Waals surface area contributed by atoms with Gasteiger partial charge in [-0.3, -0.25) is 9.89 Å². The fourth-order valence-electron chi connectivity index (χ4n) is 4.02. The van der Waals surface area contributed by atoms with Gasteiger partial charge in [-0.2, -0.15) is 0 Å². The van der Waals surface area contributed by atoms with Gasteiger partial charge < -0.3 is 20.5 Å². The minimum absolute atomic E-state index is 0. The molecule has 28 heavy (non-hydrogen) atoms. The lowest BCUT2D eigenvalue weighted by Gasteiger charge is -2.32. The van der Waals surface area contributed by atoms with Crippen molar-refractivity contribution >= 4 is 41.3 Å². The fourth-order valence-corrected chi connectivity index (χ4v) is 4.76. The number of likely N-dealkylation sites (tertiary alicyclic amines) is 1. The number of aliphatic hydroxyl groups excluding tert-OH is 1. The van der Waals surface area contributed by atoms with Crippen LogP contribution >= 0.6 is 35.3 Å². The van der Waals surface area contributed by atoms with Crippen LogP contribution in [0.4, 0.5) is 0 Å². The molecule has 3 N–H and O–H groups in total. The highest BCUT2D eigenvalue weighted by Gasteiger charge is 2.34. The Balaban J connectivity index is 0.00000280. The van der Waals surface area contributed by atoms with Crippen LogP contribution in [0.1, 0.15) is 30.6 Å². The van der Waals surface area contributed by atoms with E-state index in [1.807, 2.05) is 18.4 Å². The molecule has 1 atom stereocenters. The molecule has 0 aliphatic carbocycles. The van der Waals surface area contributed by atoms with Gasteiger partial charge >= 0.3 is 0 Å². The third-order valence-corrected chi connectivity index (χ3v) is 6.77. The zero-order chi connectivity index (χ0) is 19.0. The predicted molar refractivity (Wildman–Crippen MR) is 127 cm³/mol. The van der Waals surface area contributed by atoms with Crippen LogP contribution in [-0.4, -0.2) is 69.0 Å². The molecule has 2 aliphatic heterocycles. The van der Waals surface area contributed by atoms with Gasteiger partial charge in [0.2, 0.25) is 0 Å². The van der Waals surface area contributed by atoms with Gasteiger partial charge in [0.05, 0.1) is 6.61 Å². The highest BCUT2D eigenvalue weighted by Crippen LogP contribution is 2.31. The van der Waals surface area contributed by atoms with Crippen molar-refractivity contribution in [3.05, 3.63) is 22.4 Å². The molecule has 0 bridgehead atoms. The van der Waals surface area contributed by atoms with Crippen molar-refractivity contribution in [2.45, 2.75) is 32.2 Å². The smallest absolute Gasteiger partial charge is 0.191 e. The van der Waals surface area contributed by atoms with Crippen LogP contribution in [0.5, 0.6) is 0 Å². The largest absolute Gasteiger partial charge is 0.396 e. The van der Waals surface area contributed by atoms with E-state index in [1.165, 1.54) is 30.8 Å². The van der Waals surface area contributed by atoms with Gasteiger partial charge in [-0.1, -0.05) is 6.07 Å². The molecule has 0 spiro atoms. The van der Waals surface area contributed by atoms with Crippen LogP contribution in [0.2, 0.25) is 0 Å². The number of nitrogens with one attached hydrogen (secondary N) is 2. The van der Waals surface area contributed by atoms with E-state index in [-0.39, 0.29) is 36.0 Å². The second kappa shape index (κ2) is 12.3. The number of nitrogens with zero attached hydrogens (tertiary/aromatic N) is 2. The van der Waals surface area contributed by atoms with Crippen molar-refractivity contribution < 1.29 is 9.84 Å². The Kier molecular flexibility index (Phi) is 10.5. The van der Waals surface area contributed by atoms with Gasteiger partial charge in [-0.05, 0) is 56.1 Å². The van der Waals surface area contributed by atoms with Crippen molar-refractivity contribution in [1.82, 2.24) is 15.5 Å². The van der Waals surface area contributed by atoms with E-state index < -0.39 is 0 Å². The highest BCUT2D eigenvalue weighted by atomic mass is 127. The summed E-state index contributed by atoms with van der Waals surface area (Å²) in [6.45, 7) is 6.93. The minimum atomic E-state index is 0. The van der Waals surface area contributed by atoms with Crippen LogP contribution in [-0.2, 0) is 11.3 Å². The molecule has 3 rings (SSSR count). The molecule has 2 fully saturated rings. The third-order valence-electron chi connectivity index (χ3n) is 5.91. The second-order valence-corrected chi connectivity index (χ2v) is 8.91. The maximum Gasteiger partial charge on any atom is 0.191 e. The molecule has 1 aromatic rings. The minimum Gasteiger partial charge on any atom is -0.396 e. The van der Waals surface area contributed by atoms with Crippen LogP contribution in [0, 0.1) is 11.3 Å². The van der Waals surface area contributed by atoms with E-state index in [9.17, 15) is 5.11 Å². The number of hydrogen-bond acceptors (Lipinski definition) is 5. The molecular formula is C20H35IN4O2S. The molecule has 2 aliphatic rings. The molecule has 0 saturated carbocycles. The Morgan fingerprint density at radius 2 is 2.21 bits per heavy atom. The molecule has 2 saturated heterocycles. The maximum atomic E-state index is 9.36. The van der Waals surface area contributed by atoms with Crippen molar-refractivity contribution in [1.29, 1.82) is 0 Å². The molecule has 0 amide bonds. The average Bonchev–Trinajstić information content (AvgIpc) is 3.36. The average molecular weight is 522 g/mol. The predicted octanol–water partition coefficient (Wildman–Crippen LogP) is 2.53. The summed E-state index contributed by atoms with van der Waals surface area (Å²) in [6, 6.07) is 4.37. The van der Waals surface area contributed by atoms with Gasteiger partial charge in [0.25, 0.3) is 0 Å². The molecule has 1 aromatic heterocycles. The summed E-state index contributed by atoms with van der Waals surface area (Å²) in [4.78, 5) is 8.40. The first-order valence-corrected chi connectivity index (χ1v) is 11.0. The van der Waals surface area contributed by atoms with E-state index in [0.29, 0.717) is 5.92 Å². The van der Waals surface area contributed by atoms with Crippen LogP contribution in [0.15, 0.2) is 22.5 Å². The van der Waals surface area contributed by atoms with E-state index in [2.05, 4.69) is 38.0 Å². The van der Waals surface area contributed by atoms with E-state index in [1.54, 1.807) is 0 Å². The van der Waals surface area contributed by atoms with Gasteiger partial charge in [-0.15, -0.1) is 35.3 Å². The van der Waals surface area contributed by atoms with Gasteiger partial charge in [0.1, 0.15) is 0 Å². The number of rotatable bonds is 8. The normalized spacial score (nSPS) is 24.1. The summed E-state index contributed by atoms with van der Waals surface area (Å²) in [6.07, 6.45) is 4.25. The summed E-state index contributed by atoms with van der Waals surface area (Å²) >= 11 is 1.85. The van der Waals surface area contributed by atoms with Crippen molar-refractivity contribution in [2.24, 2.45) is 16.3 Å². The van der Waals surface area contributed by atoms with Crippen molar-refractivity contribution in [2.75, 3.05) is 53.0 Å². The molecular weight excluding hydrogens is 487 g/mol. The number of aliphatic hydroxyl groups is 1. The van der Waals surface area contributed by atoms with Crippen LogP contribution < -0.4 is 10.6 Å². The van der Waals surface area contributed by atoms with E-state index >= 15 is 0 Å². The van der Waals surface area contributed by atoms with Crippen LogP contribution in [0.25, 0.3) is 0 Å². The number of aliphatic imine (C=N–C) groups is 1. The first kappa shape index (κ1) is 23.9. The zero-order valence-electron chi connectivity index (χ0n) is 16.9. The molecule has 3 heterocycles. The molecule has 1 unspecified atom stereocenters. The Hall–Kier alpha value is -0.420. The first-order chi connectivity index (χ1) is 13.2. The van der Waals surface area contributed by atoms with Crippen molar-refractivity contribution in [3.63, 3.8) is 0 Å². The van der Waals surface area contributed by atoms with E-state index in [4.69, 9.17) is 4.74 Å². The lowest BCUT2D eigenvalue weighted by molar-refractivity contribution is 0.127. The summed E-state index contributed by atoms with van der Waals surface area (Å²) in [7, 11) is 1.82. The molecule has 8 heteroatoms. The maximum absolute atomic E-state index is 9.36. The lowest BCUT2D eigenvalue weighted by Crippen LogP contribution is -2.46. The Morgan fingerprint density at radius 3 is 2.82 bits per heavy atom. The third kappa shape index (κ3) is 7.12. The van der Waals surface area contributed by atoms with Gasteiger partial charge in [-0.25, -0.2) is 0 Å². The highest BCUT2D eigenvalue weighted by molar-refractivity contribution is 14.0. The molecule has 0 radical (unpaired) electrons. The number of piperidine rings is 1. The van der Waals surface area contributed by atoms with Crippen molar-refractivity contribution in [3.8, 4) is 0 Å². The molecule has 0 aromatic carbocycles. The Bertz CT molecular complexity index is 571. The Morgan fingerprint density at radius 1 is 1.39 bits per heavy atom. The van der Waals surface area contributed by atoms with Gasteiger partial charge in [0.15, 0.2) is 5.96 Å². The quantitative estimate of drug-likeness (QED) is 0.278. The van der Waals surface area contributed by atoms with Gasteiger partial charge in [0, 0.05) is 50.2 Å². The molecule has 6 nitrogen and oxygen atoms in total. The fraction of sp³-hybridized carbons (Fsp3) is 0.750. The summed E-state index contributed by atoms with van der Waals surface area (Å²) in [5, 5.41) is 18.5. The van der Waals surface area contributed by atoms with Crippen LogP contribution in [0.3, 0.4) is 0 Å².